The van der Waals surface area contributed by atoms with Crippen LogP contribution in [-0.2, 0) is 11.3 Å². The van der Waals surface area contributed by atoms with E-state index in [1.807, 2.05) is 36.0 Å². The van der Waals surface area contributed by atoms with Gasteiger partial charge >= 0.3 is 0 Å². The Kier molecular flexibility index (Phi) is 5.88. The van der Waals surface area contributed by atoms with Crippen molar-refractivity contribution in [1.82, 2.24) is 15.3 Å². The zero-order valence-corrected chi connectivity index (χ0v) is 16.4. The summed E-state index contributed by atoms with van der Waals surface area (Å²) in [4.78, 5) is 23.1. The molecular weight excluding hydrogens is 384 g/mol. The summed E-state index contributed by atoms with van der Waals surface area (Å²) in [7, 11) is 0. The second-order valence-corrected chi connectivity index (χ2v) is 8.29. The van der Waals surface area contributed by atoms with Gasteiger partial charge in [-0.15, -0.1) is 0 Å². The summed E-state index contributed by atoms with van der Waals surface area (Å²) in [5, 5.41) is 3.74. The van der Waals surface area contributed by atoms with Crippen LogP contribution in [-0.4, -0.2) is 53.0 Å². The molecule has 0 spiro atoms. The summed E-state index contributed by atoms with van der Waals surface area (Å²) < 4.78 is 10.6. The number of hydrogen-bond donors (Lipinski definition) is 1. The molecule has 1 amide bonds. The van der Waals surface area contributed by atoms with Crippen LogP contribution in [0.1, 0.15) is 5.56 Å². The average Bonchev–Trinajstić information content (AvgIpc) is 3.19. The van der Waals surface area contributed by atoms with Gasteiger partial charge in [-0.05, 0) is 17.7 Å². The Balaban J connectivity index is 1.26. The Hall–Kier alpha value is -2.13. The fourth-order valence-corrected chi connectivity index (χ4v) is 4.41. The van der Waals surface area contributed by atoms with Crippen molar-refractivity contribution in [2.75, 3.05) is 42.0 Å². The van der Waals surface area contributed by atoms with Gasteiger partial charge in [0.2, 0.25) is 12.7 Å². The summed E-state index contributed by atoms with van der Waals surface area (Å²) in [6, 6.07) is 7.64. The fourth-order valence-electron chi connectivity index (χ4n) is 2.82. The van der Waals surface area contributed by atoms with Crippen molar-refractivity contribution in [3.63, 3.8) is 0 Å². The summed E-state index contributed by atoms with van der Waals surface area (Å²) in [6.45, 7) is 2.71. The second kappa shape index (κ2) is 8.71. The van der Waals surface area contributed by atoms with E-state index in [0.717, 1.165) is 52.5 Å². The van der Waals surface area contributed by atoms with Gasteiger partial charge in [-0.2, -0.15) is 11.8 Å². The SMILES string of the molecule is O=C(CSc1cc(N2CCSCC2)ncn1)NCc1ccc2c(c1)OCO2. The average molecular weight is 405 g/mol. The molecule has 2 aromatic rings. The molecule has 4 rings (SSSR count). The molecular formula is C18H20N4O3S2. The van der Waals surface area contributed by atoms with Gasteiger partial charge in [-0.1, -0.05) is 17.8 Å². The van der Waals surface area contributed by atoms with Crippen molar-refractivity contribution >= 4 is 35.2 Å². The van der Waals surface area contributed by atoms with Gasteiger partial charge in [0.25, 0.3) is 0 Å². The number of carbonyl (C=O) groups is 1. The third-order valence-corrected chi connectivity index (χ3v) is 6.11. The van der Waals surface area contributed by atoms with Crippen LogP contribution in [0.15, 0.2) is 35.6 Å². The molecule has 1 saturated heterocycles. The van der Waals surface area contributed by atoms with Crippen LogP contribution in [0.25, 0.3) is 0 Å². The van der Waals surface area contributed by atoms with Gasteiger partial charge < -0.3 is 19.7 Å². The topological polar surface area (TPSA) is 76.6 Å². The first-order valence-corrected chi connectivity index (χ1v) is 10.8. The quantitative estimate of drug-likeness (QED) is 0.580. The summed E-state index contributed by atoms with van der Waals surface area (Å²) in [5.74, 6) is 4.93. The molecule has 1 fully saturated rings. The number of nitrogens with one attached hydrogen (secondary N) is 1. The van der Waals surface area contributed by atoms with Crippen molar-refractivity contribution in [1.29, 1.82) is 0 Å². The molecule has 0 bridgehead atoms. The molecule has 0 radical (unpaired) electrons. The van der Waals surface area contributed by atoms with E-state index in [-0.39, 0.29) is 12.7 Å². The largest absolute Gasteiger partial charge is 0.454 e. The molecule has 9 heteroatoms. The maximum Gasteiger partial charge on any atom is 0.231 e. The van der Waals surface area contributed by atoms with E-state index in [0.29, 0.717) is 12.3 Å². The zero-order valence-electron chi connectivity index (χ0n) is 14.7. The number of carbonyl (C=O) groups excluding carboxylic acids is 1. The summed E-state index contributed by atoms with van der Waals surface area (Å²) >= 11 is 3.39. The van der Waals surface area contributed by atoms with E-state index >= 15 is 0 Å². The number of nitrogens with zero attached hydrogens (tertiary/aromatic N) is 3. The van der Waals surface area contributed by atoms with Crippen molar-refractivity contribution in [3.05, 3.63) is 36.2 Å². The highest BCUT2D eigenvalue weighted by Gasteiger charge is 2.15. The standard InChI is InChI=1S/C18H20N4O3S2/c23-17(19-9-13-1-2-14-15(7-13)25-12-24-14)10-27-18-8-16(20-11-21-18)22-3-5-26-6-4-22/h1-2,7-8,11H,3-6,9-10,12H2,(H,19,23). The van der Waals surface area contributed by atoms with E-state index in [4.69, 9.17) is 9.47 Å². The first kappa shape index (κ1) is 18.2. The van der Waals surface area contributed by atoms with Gasteiger partial charge in [0.1, 0.15) is 17.2 Å². The molecule has 142 valence electrons. The minimum absolute atomic E-state index is 0.0350. The van der Waals surface area contributed by atoms with Crippen molar-refractivity contribution in [3.8, 4) is 11.5 Å². The van der Waals surface area contributed by atoms with Crippen molar-refractivity contribution in [2.24, 2.45) is 0 Å². The number of fused-ring (bicyclic) bond motifs is 1. The molecule has 0 saturated carbocycles. The number of anilines is 1. The molecule has 27 heavy (non-hydrogen) atoms. The Morgan fingerprint density at radius 1 is 1.19 bits per heavy atom. The highest BCUT2D eigenvalue weighted by Crippen LogP contribution is 2.32. The molecule has 2 aliphatic rings. The predicted octanol–water partition coefficient (Wildman–Crippen LogP) is 2.17. The third kappa shape index (κ3) is 4.78. The lowest BCUT2D eigenvalue weighted by atomic mass is 10.2. The van der Waals surface area contributed by atoms with Crippen LogP contribution in [0.5, 0.6) is 11.5 Å². The lowest BCUT2D eigenvalue weighted by Gasteiger charge is -2.27. The Labute approximate surface area is 166 Å². The third-order valence-electron chi connectivity index (χ3n) is 4.24. The van der Waals surface area contributed by atoms with E-state index in [1.54, 1.807) is 6.33 Å². The Bertz CT molecular complexity index is 815. The monoisotopic (exact) mass is 404 g/mol. The fraction of sp³-hybridized carbons (Fsp3) is 0.389. The Morgan fingerprint density at radius 2 is 2.04 bits per heavy atom. The number of hydrogen-bond acceptors (Lipinski definition) is 8. The first-order chi connectivity index (χ1) is 13.3. The van der Waals surface area contributed by atoms with E-state index in [1.165, 1.54) is 11.8 Å². The van der Waals surface area contributed by atoms with Gasteiger partial charge in [0, 0.05) is 37.2 Å². The number of aromatic nitrogens is 2. The van der Waals surface area contributed by atoms with E-state index in [2.05, 4.69) is 20.2 Å². The predicted molar refractivity (Wildman–Crippen MR) is 107 cm³/mol. The molecule has 3 heterocycles. The normalized spacial score (nSPS) is 15.6. The minimum atomic E-state index is -0.0350. The number of amides is 1. The van der Waals surface area contributed by atoms with Gasteiger partial charge in [-0.25, -0.2) is 9.97 Å². The minimum Gasteiger partial charge on any atom is -0.454 e. The van der Waals surface area contributed by atoms with Crippen molar-refractivity contribution in [2.45, 2.75) is 11.6 Å². The van der Waals surface area contributed by atoms with Crippen LogP contribution in [0, 0.1) is 0 Å². The molecule has 1 aromatic carbocycles. The second-order valence-electron chi connectivity index (χ2n) is 6.07. The lowest BCUT2D eigenvalue weighted by Crippen LogP contribution is -2.33. The molecule has 7 nitrogen and oxygen atoms in total. The molecule has 2 aliphatic heterocycles. The van der Waals surface area contributed by atoms with Gasteiger partial charge in [-0.3, -0.25) is 4.79 Å². The van der Waals surface area contributed by atoms with E-state index < -0.39 is 0 Å². The first-order valence-electron chi connectivity index (χ1n) is 8.71. The van der Waals surface area contributed by atoms with Gasteiger partial charge in [0.05, 0.1) is 5.75 Å². The summed E-state index contributed by atoms with van der Waals surface area (Å²) in [5.41, 5.74) is 0.977. The van der Waals surface area contributed by atoms with Crippen LogP contribution >= 0.6 is 23.5 Å². The molecule has 1 N–H and O–H groups in total. The number of rotatable bonds is 6. The van der Waals surface area contributed by atoms with Crippen LogP contribution in [0.3, 0.4) is 0 Å². The van der Waals surface area contributed by atoms with E-state index in [9.17, 15) is 4.79 Å². The van der Waals surface area contributed by atoms with Crippen molar-refractivity contribution < 1.29 is 14.3 Å². The lowest BCUT2D eigenvalue weighted by molar-refractivity contribution is -0.118. The summed E-state index contributed by atoms with van der Waals surface area (Å²) in [6.07, 6.45) is 1.57. The number of benzene rings is 1. The Morgan fingerprint density at radius 3 is 2.93 bits per heavy atom. The van der Waals surface area contributed by atoms with Crippen LogP contribution in [0.4, 0.5) is 5.82 Å². The maximum absolute atomic E-state index is 12.2. The van der Waals surface area contributed by atoms with Gasteiger partial charge in [0.15, 0.2) is 11.5 Å². The number of ether oxygens (including phenoxy) is 2. The molecule has 0 aliphatic carbocycles. The molecule has 0 unspecified atom stereocenters. The highest BCUT2D eigenvalue weighted by atomic mass is 32.2. The maximum atomic E-state index is 12.2. The smallest absolute Gasteiger partial charge is 0.231 e. The van der Waals surface area contributed by atoms with Crippen LogP contribution < -0.4 is 19.7 Å². The zero-order chi connectivity index (χ0) is 18.5. The van der Waals surface area contributed by atoms with Crippen LogP contribution in [0.2, 0.25) is 0 Å². The molecule has 0 atom stereocenters. The molecule has 1 aromatic heterocycles. The highest BCUT2D eigenvalue weighted by molar-refractivity contribution is 8.00. The number of thioether (sulfide) groups is 2.